The zero-order valence-corrected chi connectivity index (χ0v) is 16.5. The molecular formula is C20H23N5OS. The highest BCUT2D eigenvalue weighted by molar-refractivity contribution is 7.18. The van der Waals surface area contributed by atoms with Gasteiger partial charge in [-0.05, 0) is 31.4 Å². The third-order valence-electron chi connectivity index (χ3n) is 4.59. The number of hydrogen-bond acceptors (Lipinski definition) is 6. The van der Waals surface area contributed by atoms with Crippen LogP contribution in [0.4, 0.5) is 5.95 Å². The number of benzene rings is 1. The van der Waals surface area contributed by atoms with Crippen molar-refractivity contribution in [3.8, 4) is 0 Å². The van der Waals surface area contributed by atoms with Crippen molar-refractivity contribution >= 4 is 33.1 Å². The van der Waals surface area contributed by atoms with Crippen LogP contribution in [-0.4, -0.2) is 37.3 Å². The number of aliphatic hydroxyl groups is 1. The van der Waals surface area contributed by atoms with E-state index in [1.165, 1.54) is 16.0 Å². The van der Waals surface area contributed by atoms with E-state index in [4.69, 9.17) is 15.1 Å². The van der Waals surface area contributed by atoms with Gasteiger partial charge in [0, 0.05) is 17.8 Å². The molecule has 3 heterocycles. The van der Waals surface area contributed by atoms with Gasteiger partial charge in [0.15, 0.2) is 11.5 Å². The van der Waals surface area contributed by atoms with Crippen molar-refractivity contribution in [3.63, 3.8) is 0 Å². The zero-order valence-electron chi connectivity index (χ0n) is 15.7. The third-order valence-corrected chi connectivity index (χ3v) is 5.63. The summed E-state index contributed by atoms with van der Waals surface area (Å²) in [5, 5.41) is 18.7. The molecule has 6 nitrogen and oxygen atoms in total. The topological polar surface area (TPSA) is 75.3 Å². The van der Waals surface area contributed by atoms with Gasteiger partial charge in [0.25, 0.3) is 0 Å². The maximum Gasteiger partial charge on any atom is 0.227 e. The third kappa shape index (κ3) is 3.40. The normalized spacial score (nSPS) is 12.7. The fourth-order valence-electron chi connectivity index (χ4n) is 3.31. The van der Waals surface area contributed by atoms with E-state index < -0.39 is 6.10 Å². The smallest absolute Gasteiger partial charge is 0.227 e. The Labute approximate surface area is 161 Å². The lowest BCUT2D eigenvalue weighted by molar-refractivity contribution is 0.208. The van der Waals surface area contributed by atoms with Gasteiger partial charge in [0.1, 0.15) is 4.83 Å². The molecule has 1 aromatic carbocycles. The quantitative estimate of drug-likeness (QED) is 0.534. The van der Waals surface area contributed by atoms with Crippen molar-refractivity contribution in [2.24, 2.45) is 0 Å². The fraction of sp³-hybridized carbons (Fsp3) is 0.350. The molecule has 140 valence electrons. The number of nitrogens with one attached hydrogen (secondary N) is 1. The lowest BCUT2D eigenvalue weighted by Gasteiger charge is -2.09. The summed E-state index contributed by atoms with van der Waals surface area (Å²) in [6, 6.07) is 10.2. The number of nitrogens with zero attached hydrogens (tertiary/aromatic N) is 4. The largest absolute Gasteiger partial charge is 0.392 e. The minimum Gasteiger partial charge on any atom is -0.392 e. The van der Waals surface area contributed by atoms with Crippen molar-refractivity contribution in [2.45, 2.75) is 39.7 Å². The molecule has 0 aliphatic carbocycles. The van der Waals surface area contributed by atoms with Gasteiger partial charge in [-0.25, -0.2) is 9.97 Å². The van der Waals surface area contributed by atoms with Gasteiger partial charge in [-0.1, -0.05) is 37.3 Å². The lowest BCUT2D eigenvalue weighted by atomic mass is 10.1. The first-order valence-electron chi connectivity index (χ1n) is 9.20. The van der Waals surface area contributed by atoms with Crippen LogP contribution < -0.4 is 5.32 Å². The summed E-state index contributed by atoms with van der Waals surface area (Å²) in [6.45, 7) is 6.44. The molecule has 0 saturated heterocycles. The van der Waals surface area contributed by atoms with Gasteiger partial charge < -0.3 is 10.4 Å². The van der Waals surface area contributed by atoms with E-state index >= 15 is 0 Å². The highest BCUT2D eigenvalue weighted by Crippen LogP contribution is 2.33. The highest BCUT2D eigenvalue weighted by atomic mass is 32.1. The van der Waals surface area contributed by atoms with Crippen LogP contribution in [0.1, 0.15) is 35.7 Å². The maximum absolute atomic E-state index is 9.65. The van der Waals surface area contributed by atoms with E-state index in [2.05, 4.69) is 31.3 Å². The Morgan fingerprint density at radius 3 is 2.70 bits per heavy atom. The molecular weight excluding hydrogens is 358 g/mol. The molecule has 0 aliphatic rings. The number of fused-ring (bicyclic) bond motifs is 3. The zero-order chi connectivity index (χ0) is 19.0. The van der Waals surface area contributed by atoms with E-state index in [-0.39, 0.29) is 0 Å². The van der Waals surface area contributed by atoms with E-state index in [1.807, 2.05) is 18.2 Å². The molecule has 4 aromatic rings. The number of hydrogen-bond donors (Lipinski definition) is 2. The van der Waals surface area contributed by atoms with Crippen molar-refractivity contribution in [1.29, 1.82) is 0 Å². The average molecular weight is 382 g/mol. The number of aromatic nitrogens is 4. The van der Waals surface area contributed by atoms with Crippen molar-refractivity contribution < 1.29 is 5.11 Å². The van der Waals surface area contributed by atoms with Crippen LogP contribution >= 0.6 is 11.3 Å². The molecule has 0 amide bonds. The minimum absolute atomic E-state index is 0.409. The first kappa shape index (κ1) is 17.9. The van der Waals surface area contributed by atoms with Crippen LogP contribution in [-0.2, 0) is 12.8 Å². The number of aliphatic hydroxyl groups excluding tert-OH is 1. The summed E-state index contributed by atoms with van der Waals surface area (Å²) < 4.78 is 1.79. The van der Waals surface area contributed by atoms with E-state index in [1.54, 1.807) is 22.8 Å². The highest BCUT2D eigenvalue weighted by Gasteiger charge is 2.19. The molecule has 0 spiro atoms. The number of anilines is 1. The van der Waals surface area contributed by atoms with Gasteiger partial charge in [0.2, 0.25) is 5.95 Å². The molecule has 4 rings (SSSR count). The van der Waals surface area contributed by atoms with Gasteiger partial charge in [0.05, 0.1) is 11.5 Å². The Morgan fingerprint density at radius 2 is 2.00 bits per heavy atom. The summed E-state index contributed by atoms with van der Waals surface area (Å²) in [4.78, 5) is 11.9. The van der Waals surface area contributed by atoms with Crippen LogP contribution in [0, 0.1) is 6.92 Å². The Bertz CT molecular complexity index is 1080. The van der Waals surface area contributed by atoms with Crippen LogP contribution in [0.25, 0.3) is 15.9 Å². The first-order valence-corrected chi connectivity index (χ1v) is 10.0. The summed E-state index contributed by atoms with van der Waals surface area (Å²) in [5.41, 5.74) is 3.29. The van der Waals surface area contributed by atoms with Gasteiger partial charge in [-0.15, -0.1) is 16.4 Å². The first-order chi connectivity index (χ1) is 13.1. The van der Waals surface area contributed by atoms with Crippen molar-refractivity contribution in [3.05, 3.63) is 52.2 Å². The molecule has 0 radical (unpaired) electrons. The average Bonchev–Trinajstić information content (AvgIpc) is 3.20. The number of aryl methyl sites for hydroxylation is 2. The molecule has 0 aliphatic heterocycles. The van der Waals surface area contributed by atoms with Crippen LogP contribution in [0.15, 0.2) is 30.3 Å². The molecule has 1 atom stereocenters. The Balaban J connectivity index is 1.88. The second-order valence-electron chi connectivity index (χ2n) is 6.76. The Hall–Kier alpha value is -2.51. The standard InChI is InChI=1S/C20H23N5OS/c1-4-15-13(3)27-19-17(15)18-22-16(10-14-8-6-5-7-9-14)24-25(18)20(23-19)21-11-12(2)26/h5-9,12,26H,4,10-11H2,1-3H3,(H,21,23)/t12-/m1/s1. The minimum atomic E-state index is -0.471. The molecule has 0 fully saturated rings. The van der Waals surface area contributed by atoms with Crippen LogP contribution in [0.2, 0.25) is 0 Å². The fourth-order valence-corrected chi connectivity index (χ4v) is 4.42. The van der Waals surface area contributed by atoms with Crippen molar-refractivity contribution in [1.82, 2.24) is 19.6 Å². The van der Waals surface area contributed by atoms with Gasteiger partial charge in [-0.2, -0.15) is 4.52 Å². The number of rotatable bonds is 6. The Morgan fingerprint density at radius 1 is 1.22 bits per heavy atom. The number of thiophene rings is 1. The van der Waals surface area contributed by atoms with E-state index in [9.17, 15) is 5.11 Å². The maximum atomic E-state index is 9.65. The molecule has 27 heavy (non-hydrogen) atoms. The van der Waals surface area contributed by atoms with Crippen LogP contribution in [0.3, 0.4) is 0 Å². The van der Waals surface area contributed by atoms with Crippen LogP contribution in [0.5, 0.6) is 0 Å². The Kier molecular flexibility index (Phi) is 4.80. The predicted molar refractivity (Wildman–Crippen MR) is 110 cm³/mol. The second-order valence-corrected chi connectivity index (χ2v) is 7.96. The summed E-state index contributed by atoms with van der Waals surface area (Å²) in [6.07, 6.45) is 1.13. The summed E-state index contributed by atoms with van der Waals surface area (Å²) in [5.74, 6) is 1.38. The summed E-state index contributed by atoms with van der Waals surface area (Å²) >= 11 is 1.69. The molecule has 7 heteroatoms. The monoisotopic (exact) mass is 381 g/mol. The molecule has 0 unspecified atom stereocenters. The second kappa shape index (κ2) is 7.25. The van der Waals surface area contributed by atoms with E-state index in [0.717, 1.165) is 28.1 Å². The molecule has 0 saturated carbocycles. The van der Waals surface area contributed by atoms with Crippen molar-refractivity contribution in [2.75, 3.05) is 11.9 Å². The van der Waals surface area contributed by atoms with Gasteiger partial charge in [-0.3, -0.25) is 0 Å². The molecule has 2 N–H and O–H groups in total. The lowest BCUT2D eigenvalue weighted by Crippen LogP contribution is -2.18. The van der Waals surface area contributed by atoms with Gasteiger partial charge >= 0.3 is 0 Å². The van der Waals surface area contributed by atoms with E-state index in [0.29, 0.717) is 18.9 Å². The molecule has 0 bridgehead atoms. The molecule has 3 aromatic heterocycles. The predicted octanol–water partition coefficient (Wildman–Crippen LogP) is 3.59. The SMILES string of the molecule is CCc1c(C)sc2nc(NC[C@@H](C)O)n3nc(Cc4ccccc4)nc3c12. The summed E-state index contributed by atoms with van der Waals surface area (Å²) in [7, 11) is 0.